The number of carbonyl (C=O) groups is 1. The van der Waals surface area contributed by atoms with Crippen LogP contribution in [0.1, 0.15) is 19.3 Å². The Bertz CT molecular complexity index is 439. The second kappa shape index (κ2) is 5.02. The number of halogens is 2. The lowest BCUT2D eigenvalue weighted by atomic mass is 10.0. The predicted octanol–water partition coefficient (Wildman–Crippen LogP) is 2.54. The molecule has 5 heteroatoms. The van der Waals surface area contributed by atoms with E-state index < -0.39 is 5.82 Å². The van der Waals surface area contributed by atoms with Gasteiger partial charge in [0, 0.05) is 11.1 Å². The van der Waals surface area contributed by atoms with Gasteiger partial charge < -0.3 is 11.1 Å². The first-order valence-corrected chi connectivity index (χ1v) is 5.97. The summed E-state index contributed by atoms with van der Waals surface area (Å²) in [7, 11) is 0. The van der Waals surface area contributed by atoms with Crippen LogP contribution < -0.4 is 11.1 Å². The summed E-state index contributed by atoms with van der Waals surface area (Å²) in [5.74, 6) is -0.945. The van der Waals surface area contributed by atoms with Crippen molar-refractivity contribution < 1.29 is 9.18 Å². The minimum Gasteiger partial charge on any atom is -0.327 e. The fourth-order valence-corrected chi connectivity index (χ4v) is 2.31. The first kappa shape index (κ1) is 12.3. The van der Waals surface area contributed by atoms with Crippen LogP contribution in [0.3, 0.4) is 0 Å². The Hall–Kier alpha value is -1.13. The molecule has 0 saturated heterocycles. The minimum atomic E-state index is -0.491. The molecule has 0 heterocycles. The molecule has 2 atom stereocenters. The van der Waals surface area contributed by atoms with Gasteiger partial charge in [-0.2, -0.15) is 0 Å². The summed E-state index contributed by atoms with van der Waals surface area (Å²) >= 11 is 5.75. The van der Waals surface area contributed by atoms with Gasteiger partial charge in [-0.25, -0.2) is 4.39 Å². The summed E-state index contributed by atoms with van der Waals surface area (Å²) in [5.41, 5.74) is 5.93. The van der Waals surface area contributed by atoms with E-state index in [9.17, 15) is 9.18 Å². The van der Waals surface area contributed by atoms with E-state index in [0.29, 0.717) is 5.02 Å². The third-order valence-corrected chi connectivity index (χ3v) is 3.33. The molecule has 0 spiro atoms. The molecule has 1 aromatic rings. The van der Waals surface area contributed by atoms with Gasteiger partial charge in [-0.05, 0) is 31.0 Å². The Morgan fingerprint density at radius 2 is 2.24 bits per heavy atom. The van der Waals surface area contributed by atoms with E-state index in [-0.39, 0.29) is 23.6 Å². The quantitative estimate of drug-likeness (QED) is 0.854. The highest BCUT2D eigenvalue weighted by Gasteiger charge is 2.30. The van der Waals surface area contributed by atoms with Gasteiger partial charge in [-0.1, -0.05) is 18.0 Å². The molecule has 1 amide bonds. The summed E-state index contributed by atoms with van der Waals surface area (Å²) in [5, 5.41) is 2.93. The molecule has 0 radical (unpaired) electrons. The Labute approximate surface area is 104 Å². The number of hydrogen-bond donors (Lipinski definition) is 2. The first-order chi connectivity index (χ1) is 8.08. The zero-order valence-corrected chi connectivity index (χ0v) is 10.0. The molecule has 0 aliphatic heterocycles. The molecular formula is C12H14ClFN2O. The molecule has 3 nitrogen and oxygen atoms in total. The average molecular weight is 257 g/mol. The van der Waals surface area contributed by atoms with Gasteiger partial charge in [-0.3, -0.25) is 4.79 Å². The summed E-state index contributed by atoms with van der Waals surface area (Å²) in [6, 6.07) is 3.94. The molecule has 1 aliphatic carbocycles. The lowest BCUT2D eigenvalue weighted by Gasteiger charge is -2.15. The first-order valence-electron chi connectivity index (χ1n) is 5.59. The second-order valence-corrected chi connectivity index (χ2v) is 4.75. The van der Waals surface area contributed by atoms with Crippen LogP contribution in [-0.4, -0.2) is 11.9 Å². The van der Waals surface area contributed by atoms with Crippen molar-refractivity contribution >= 4 is 23.2 Å². The van der Waals surface area contributed by atoms with Gasteiger partial charge in [0.1, 0.15) is 5.82 Å². The van der Waals surface area contributed by atoms with Crippen LogP contribution >= 0.6 is 11.6 Å². The van der Waals surface area contributed by atoms with Gasteiger partial charge in [0.15, 0.2) is 0 Å². The molecule has 0 aromatic heterocycles. The highest BCUT2D eigenvalue weighted by Crippen LogP contribution is 2.26. The number of carbonyl (C=O) groups excluding carboxylic acids is 1. The van der Waals surface area contributed by atoms with Crippen LogP contribution in [0.4, 0.5) is 10.1 Å². The lowest BCUT2D eigenvalue weighted by molar-refractivity contribution is -0.120. The third kappa shape index (κ3) is 2.76. The van der Waals surface area contributed by atoms with Crippen molar-refractivity contribution in [2.45, 2.75) is 25.3 Å². The second-order valence-electron chi connectivity index (χ2n) is 4.31. The highest BCUT2D eigenvalue weighted by molar-refractivity contribution is 6.30. The van der Waals surface area contributed by atoms with Crippen LogP contribution in [0, 0.1) is 11.7 Å². The third-order valence-electron chi connectivity index (χ3n) is 3.09. The molecule has 17 heavy (non-hydrogen) atoms. The van der Waals surface area contributed by atoms with Crippen molar-refractivity contribution in [1.82, 2.24) is 0 Å². The van der Waals surface area contributed by atoms with Crippen molar-refractivity contribution in [3.05, 3.63) is 29.0 Å². The fraction of sp³-hybridized carbons (Fsp3) is 0.417. The van der Waals surface area contributed by atoms with Gasteiger partial charge >= 0.3 is 0 Å². The Morgan fingerprint density at radius 3 is 2.88 bits per heavy atom. The Balaban J connectivity index is 2.10. The number of benzene rings is 1. The summed E-state index contributed by atoms with van der Waals surface area (Å²) < 4.78 is 13.4. The van der Waals surface area contributed by atoms with E-state index in [2.05, 4.69) is 5.32 Å². The normalized spacial score (nSPS) is 23.7. The van der Waals surface area contributed by atoms with Crippen molar-refractivity contribution in [3.8, 4) is 0 Å². The fourth-order valence-electron chi connectivity index (χ4n) is 2.13. The van der Waals surface area contributed by atoms with Gasteiger partial charge in [0.2, 0.25) is 5.91 Å². The van der Waals surface area contributed by atoms with Crippen molar-refractivity contribution in [2.75, 3.05) is 5.32 Å². The zero-order valence-electron chi connectivity index (χ0n) is 9.25. The number of hydrogen-bond acceptors (Lipinski definition) is 2. The summed E-state index contributed by atoms with van der Waals surface area (Å²) in [6.45, 7) is 0. The SMILES string of the molecule is NC1CCCC1C(=O)Nc1cc(Cl)ccc1F. The molecule has 2 rings (SSSR count). The number of nitrogens with one attached hydrogen (secondary N) is 1. The molecule has 1 saturated carbocycles. The van der Waals surface area contributed by atoms with E-state index in [1.54, 1.807) is 0 Å². The number of rotatable bonds is 2. The van der Waals surface area contributed by atoms with E-state index >= 15 is 0 Å². The minimum absolute atomic E-state index is 0.113. The van der Waals surface area contributed by atoms with Crippen molar-refractivity contribution in [3.63, 3.8) is 0 Å². The van der Waals surface area contributed by atoms with E-state index in [1.807, 2.05) is 0 Å². The molecule has 0 bridgehead atoms. The van der Waals surface area contributed by atoms with Crippen LogP contribution in [0.15, 0.2) is 18.2 Å². The van der Waals surface area contributed by atoms with Crippen LogP contribution in [0.2, 0.25) is 5.02 Å². The maximum atomic E-state index is 13.4. The molecule has 92 valence electrons. The maximum Gasteiger partial charge on any atom is 0.229 e. The topological polar surface area (TPSA) is 55.1 Å². The Kier molecular flexibility index (Phi) is 3.64. The van der Waals surface area contributed by atoms with Crippen LogP contribution in [0.25, 0.3) is 0 Å². The highest BCUT2D eigenvalue weighted by atomic mass is 35.5. The molecular weight excluding hydrogens is 243 g/mol. The summed E-state index contributed by atoms with van der Waals surface area (Å²) in [4.78, 5) is 11.9. The van der Waals surface area contributed by atoms with Gasteiger partial charge in [-0.15, -0.1) is 0 Å². The summed E-state index contributed by atoms with van der Waals surface area (Å²) in [6.07, 6.45) is 2.54. The molecule has 1 aliphatic rings. The molecule has 1 fully saturated rings. The van der Waals surface area contributed by atoms with Crippen molar-refractivity contribution in [2.24, 2.45) is 11.7 Å². The Morgan fingerprint density at radius 1 is 1.47 bits per heavy atom. The largest absolute Gasteiger partial charge is 0.327 e. The van der Waals surface area contributed by atoms with Gasteiger partial charge in [0.05, 0.1) is 11.6 Å². The van der Waals surface area contributed by atoms with E-state index in [1.165, 1.54) is 18.2 Å². The smallest absolute Gasteiger partial charge is 0.229 e. The van der Waals surface area contributed by atoms with Crippen LogP contribution in [-0.2, 0) is 4.79 Å². The molecule has 1 aromatic carbocycles. The zero-order chi connectivity index (χ0) is 12.4. The van der Waals surface area contributed by atoms with Crippen molar-refractivity contribution in [1.29, 1.82) is 0 Å². The number of anilines is 1. The monoisotopic (exact) mass is 256 g/mol. The lowest BCUT2D eigenvalue weighted by Crippen LogP contribution is -2.34. The molecule has 3 N–H and O–H groups in total. The van der Waals surface area contributed by atoms with E-state index in [4.69, 9.17) is 17.3 Å². The molecule has 2 unspecified atom stereocenters. The van der Waals surface area contributed by atoms with Gasteiger partial charge in [0.25, 0.3) is 0 Å². The standard InChI is InChI=1S/C12H14ClFN2O/c13-7-4-5-9(14)11(6-7)16-12(17)8-2-1-3-10(8)15/h4-6,8,10H,1-3,15H2,(H,16,17). The van der Waals surface area contributed by atoms with Crippen LogP contribution in [0.5, 0.6) is 0 Å². The predicted molar refractivity (Wildman–Crippen MR) is 65.4 cm³/mol. The number of amides is 1. The van der Waals surface area contributed by atoms with E-state index in [0.717, 1.165) is 19.3 Å². The maximum absolute atomic E-state index is 13.4. The number of nitrogens with two attached hydrogens (primary N) is 1. The average Bonchev–Trinajstić information content (AvgIpc) is 2.70.